The van der Waals surface area contributed by atoms with Crippen molar-refractivity contribution in [3.05, 3.63) is 22.7 Å². The molecule has 0 aromatic heterocycles. The molecular formula is C13H19BrOS. The van der Waals surface area contributed by atoms with E-state index in [9.17, 15) is 0 Å². The monoisotopic (exact) mass is 302 g/mol. The van der Waals surface area contributed by atoms with Gasteiger partial charge in [-0.3, -0.25) is 0 Å². The molecule has 0 saturated carbocycles. The minimum atomic E-state index is 0.825. The zero-order valence-corrected chi connectivity index (χ0v) is 12.5. The standard InChI is InChI=1S/C13H19BrOS/c1-4-10(5-2)9-16-11-6-7-13(15-3)12(14)8-11/h6-8,10H,4-5,9H2,1-3H3. The van der Waals surface area contributed by atoms with Crippen molar-refractivity contribution in [2.24, 2.45) is 5.92 Å². The second-order valence-corrected chi connectivity index (χ2v) is 5.74. The van der Waals surface area contributed by atoms with Gasteiger partial charge in [-0.15, -0.1) is 11.8 Å². The van der Waals surface area contributed by atoms with Gasteiger partial charge in [-0.25, -0.2) is 0 Å². The van der Waals surface area contributed by atoms with Crippen LogP contribution in [0.4, 0.5) is 0 Å². The van der Waals surface area contributed by atoms with Gasteiger partial charge in [0.2, 0.25) is 0 Å². The average molecular weight is 303 g/mol. The van der Waals surface area contributed by atoms with Crippen LogP contribution in [0.25, 0.3) is 0 Å². The lowest BCUT2D eigenvalue weighted by Crippen LogP contribution is -1.99. The smallest absolute Gasteiger partial charge is 0.133 e. The summed E-state index contributed by atoms with van der Waals surface area (Å²) in [6.45, 7) is 4.53. The topological polar surface area (TPSA) is 9.23 Å². The Balaban J connectivity index is 2.58. The van der Waals surface area contributed by atoms with Gasteiger partial charge in [0.1, 0.15) is 5.75 Å². The van der Waals surface area contributed by atoms with Gasteiger partial charge in [-0.2, -0.15) is 0 Å². The van der Waals surface area contributed by atoms with Crippen LogP contribution in [0, 0.1) is 5.92 Å². The molecule has 0 N–H and O–H groups in total. The normalized spacial score (nSPS) is 10.8. The molecule has 1 rings (SSSR count). The molecule has 1 nitrogen and oxygen atoms in total. The largest absolute Gasteiger partial charge is 0.496 e. The van der Waals surface area contributed by atoms with E-state index in [0.29, 0.717) is 0 Å². The van der Waals surface area contributed by atoms with Gasteiger partial charge in [0.15, 0.2) is 0 Å². The van der Waals surface area contributed by atoms with Crippen LogP contribution in [-0.2, 0) is 0 Å². The second-order valence-electron chi connectivity index (χ2n) is 3.79. The lowest BCUT2D eigenvalue weighted by atomic mass is 10.1. The molecule has 0 aliphatic heterocycles. The molecule has 1 aromatic carbocycles. The molecular weight excluding hydrogens is 284 g/mol. The number of hydrogen-bond donors (Lipinski definition) is 0. The van der Waals surface area contributed by atoms with Crippen molar-refractivity contribution >= 4 is 27.7 Å². The van der Waals surface area contributed by atoms with E-state index >= 15 is 0 Å². The summed E-state index contributed by atoms with van der Waals surface area (Å²) < 4.78 is 6.24. The van der Waals surface area contributed by atoms with Crippen molar-refractivity contribution in [3.8, 4) is 5.75 Å². The molecule has 0 spiro atoms. The molecule has 0 saturated heterocycles. The van der Waals surface area contributed by atoms with E-state index in [1.807, 2.05) is 17.8 Å². The van der Waals surface area contributed by atoms with Crippen LogP contribution in [0.1, 0.15) is 26.7 Å². The van der Waals surface area contributed by atoms with Crippen molar-refractivity contribution in [3.63, 3.8) is 0 Å². The fourth-order valence-electron chi connectivity index (χ4n) is 1.48. The fourth-order valence-corrected chi connectivity index (χ4v) is 3.43. The third-order valence-electron chi connectivity index (χ3n) is 2.76. The predicted octanol–water partition coefficient (Wildman–Crippen LogP) is 4.99. The van der Waals surface area contributed by atoms with Gasteiger partial charge < -0.3 is 4.74 Å². The number of hydrogen-bond acceptors (Lipinski definition) is 2. The second kappa shape index (κ2) is 7.23. The highest BCUT2D eigenvalue weighted by Crippen LogP contribution is 2.31. The molecule has 1 aromatic rings. The summed E-state index contributed by atoms with van der Waals surface area (Å²) in [6, 6.07) is 6.27. The predicted molar refractivity (Wildman–Crippen MR) is 75.5 cm³/mol. The summed E-state index contributed by atoms with van der Waals surface area (Å²) in [5, 5.41) is 0. The Morgan fingerprint density at radius 3 is 2.50 bits per heavy atom. The number of thioether (sulfide) groups is 1. The van der Waals surface area contributed by atoms with Crippen LogP contribution in [-0.4, -0.2) is 12.9 Å². The van der Waals surface area contributed by atoms with E-state index in [1.54, 1.807) is 7.11 Å². The van der Waals surface area contributed by atoms with Crippen molar-refractivity contribution < 1.29 is 4.74 Å². The zero-order valence-electron chi connectivity index (χ0n) is 10.1. The van der Waals surface area contributed by atoms with E-state index in [2.05, 4.69) is 41.9 Å². The summed E-state index contributed by atoms with van der Waals surface area (Å²) >= 11 is 5.44. The molecule has 0 radical (unpaired) electrons. The van der Waals surface area contributed by atoms with Crippen molar-refractivity contribution in [2.45, 2.75) is 31.6 Å². The number of ether oxygens (including phenoxy) is 1. The Bertz CT molecular complexity index is 324. The maximum Gasteiger partial charge on any atom is 0.133 e. The number of rotatable bonds is 6. The average Bonchev–Trinajstić information content (AvgIpc) is 2.30. The van der Waals surface area contributed by atoms with Gasteiger partial charge in [0.05, 0.1) is 11.6 Å². The van der Waals surface area contributed by atoms with Crippen molar-refractivity contribution in [1.29, 1.82) is 0 Å². The summed E-state index contributed by atoms with van der Waals surface area (Å²) in [5.41, 5.74) is 0. The van der Waals surface area contributed by atoms with E-state index in [-0.39, 0.29) is 0 Å². The van der Waals surface area contributed by atoms with Crippen LogP contribution in [0.15, 0.2) is 27.6 Å². The van der Waals surface area contributed by atoms with Gasteiger partial charge in [0, 0.05) is 10.6 Å². The molecule has 0 unspecified atom stereocenters. The van der Waals surface area contributed by atoms with E-state index in [0.717, 1.165) is 16.1 Å². The SMILES string of the molecule is CCC(CC)CSc1ccc(OC)c(Br)c1. The molecule has 0 atom stereocenters. The molecule has 0 aliphatic carbocycles. The molecule has 0 fully saturated rings. The molecule has 16 heavy (non-hydrogen) atoms. The van der Waals surface area contributed by atoms with Crippen molar-refractivity contribution in [1.82, 2.24) is 0 Å². The highest BCUT2D eigenvalue weighted by Gasteiger charge is 2.06. The summed E-state index contributed by atoms with van der Waals surface area (Å²) in [6.07, 6.45) is 2.53. The third-order valence-corrected chi connectivity index (χ3v) is 4.61. The summed E-state index contributed by atoms with van der Waals surface area (Å²) in [7, 11) is 1.69. The lowest BCUT2D eigenvalue weighted by Gasteiger charge is -2.12. The Morgan fingerprint density at radius 2 is 2.00 bits per heavy atom. The molecule has 0 bridgehead atoms. The highest BCUT2D eigenvalue weighted by atomic mass is 79.9. The number of methoxy groups -OCH3 is 1. The van der Waals surface area contributed by atoms with E-state index < -0.39 is 0 Å². The van der Waals surface area contributed by atoms with E-state index in [1.165, 1.54) is 23.5 Å². The van der Waals surface area contributed by atoms with Crippen LogP contribution < -0.4 is 4.74 Å². The minimum absolute atomic E-state index is 0.825. The van der Waals surface area contributed by atoms with E-state index in [4.69, 9.17) is 4.74 Å². The van der Waals surface area contributed by atoms with Crippen LogP contribution in [0.5, 0.6) is 5.75 Å². The van der Waals surface area contributed by atoms with Gasteiger partial charge in [-0.1, -0.05) is 26.7 Å². The summed E-state index contributed by atoms with van der Waals surface area (Å²) in [4.78, 5) is 1.31. The van der Waals surface area contributed by atoms with Crippen LogP contribution >= 0.6 is 27.7 Å². The maximum atomic E-state index is 5.21. The Hall–Kier alpha value is -0.150. The first-order chi connectivity index (χ1) is 7.71. The van der Waals surface area contributed by atoms with Crippen molar-refractivity contribution in [2.75, 3.05) is 12.9 Å². The molecule has 0 aliphatic rings. The molecule has 3 heteroatoms. The molecule has 90 valence electrons. The van der Waals surface area contributed by atoms with Crippen LogP contribution in [0.2, 0.25) is 0 Å². The van der Waals surface area contributed by atoms with Crippen LogP contribution in [0.3, 0.4) is 0 Å². The number of benzene rings is 1. The molecule has 0 amide bonds. The third kappa shape index (κ3) is 4.02. The number of halogens is 1. The fraction of sp³-hybridized carbons (Fsp3) is 0.538. The highest BCUT2D eigenvalue weighted by molar-refractivity contribution is 9.10. The Kier molecular flexibility index (Phi) is 6.29. The van der Waals surface area contributed by atoms with Gasteiger partial charge in [-0.05, 0) is 40.0 Å². The first-order valence-electron chi connectivity index (χ1n) is 5.67. The van der Waals surface area contributed by atoms with Gasteiger partial charge >= 0.3 is 0 Å². The minimum Gasteiger partial charge on any atom is -0.496 e. The Labute approximate surface area is 111 Å². The quantitative estimate of drug-likeness (QED) is 0.685. The summed E-state index contributed by atoms with van der Waals surface area (Å²) in [5.74, 6) is 2.92. The molecule has 0 heterocycles. The maximum absolute atomic E-state index is 5.21. The first kappa shape index (κ1) is 13.9. The Morgan fingerprint density at radius 1 is 1.31 bits per heavy atom. The zero-order chi connectivity index (χ0) is 12.0. The van der Waals surface area contributed by atoms with Gasteiger partial charge in [0.25, 0.3) is 0 Å². The lowest BCUT2D eigenvalue weighted by molar-refractivity contribution is 0.412. The first-order valence-corrected chi connectivity index (χ1v) is 7.45.